The molecule has 116 valence electrons. The minimum absolute atomic E-state index is 0.00935. The van der Waals surface area contributed by atoms with Crippen molar-refractivity contribution < 1.29 is 19.4 Å². The number of urea groups is 1. The number of methoxy groups -OCH3 is 1. The number of ether oxygens (including phenoxy) is 1. The summed E-state index contributed by atoms with van der Waals surface area (Å²) < 4.78 is 5.11. The van der Waals surface area contributed by atoms with Gasteiger partial charge in [-0.25, -0.2) is 4.79 Å². The molecule has 1 fully saturated rings. The molecule has 0 aromatic heterocycles. The third-order valence-corrected chi connectivity index (χ3v) is 3.63. The summed E-state index contributed by atoms with van der Waals surface area (Å²) in [5.41, 5.74) is 0. The van der Waals surface area contributed by atoms with Crippen molar-refractivity contribution in [2.24, 2.45) is 0 Å². The molecule has 2 unspecified atom stereocenters. The van der Waals surface area contributed by atoms with Crippen molar-refractivity contribution in [2.45, 2.75) is 57.5 Å². The maximum Gasteiger partial charge on any atom is 0.317 e. The fourth-order valence-electron chi connectivity index (χ4n) is 2.69. The number of carboxylic acid groups (broad SMARTS) is 1. The number of hydrogen-bond acceptors (Lipinski definition) is 3. The van der Waals surface area contributed by atoms with Crippen molar-refractivity contribution in [2.75, 3.05) is 20.3 Å². The zero-order valence-corrected chi connectivity index (χ0v) is 12.4. The number of carboxylic acids is 1. The Balaban J connectivity index is 2.59. The highest BCUT2D eigenvalue weighted by Crippen LogP contribution is 2.20. The van der Waals surface area contributed by atoms with Crippen LogP contribution >= 0.6 is 0 Å². The molecule has 0 bridgehead atoms. The van der Waals surface area contributed by atoms with Crippen LogP contribution in [-0.2, 0) is 9.53 Å². The van der Waals surface area contributed by atoms with Crippen molar-refractivity contribution in [3.63, 3.8) is 0 Å². The summed E-state index contributed by atoms with van der Waals surface area (Å²) in [7, 11) is 1.61. The van der Waals surface area contributed by atoms with E-state index in [4.69, 9.17) is 9.84 Å². The van der Waals surface area contributed by atoms with Gasteiger partial charge in [0.1, 0.15) is 0 Å². The van der Waals surface area contributed by atoms with Crippen molar-refractivity contribution in [1.29, 1.82) is 0 Å². The van der Waals surface area contributed by atoms with Gasteiger partial charge in [-0.1, -0.05) is 13.3 Å². The zero-order chi connectivity index (χ0) is 15.0. The van der Waals surface area contributed by atoms with Crippen LogP contribution in [0.3, 0.4) is 0 Å². The van der Waals surface area contributed by atoms with E-state index in [0.717, 1.165) is 32.1 Å². The summed E-state index contributed by atoms with van der Waals surface area (Å²) in [5.74, 6) is -0.850. The molecule has 1 aliphatic rings. The van der Waals surface area contributed by atoms with E-state index >= 15 is 0 Å². The number of amides is 2. The monoisotopic (exact) mass is 286 g/mol. The standard InChI is InChI=1S/C14H26N2O4/c1-3-6-11(10-20-2)15-14(19)16-8-5-4-7-12(16)9-13(17)18/h11-12H,3-10H2,1-2H3,(H,15,19)(H,17,18). The van der Waals surface area contributed by atoms with Crippen LogP contribution < -0.4 is 5.32 Å². The lowest BCUT2D eigenvalue weighted by atomic mass is 10.00. The highest BCUT2D eigenvalue weighted by molar-refractivity contribution is 5.76. The molecule has 1 rings (SSSR count). The molecule has 6 nitrogen and oxygen atoms in total. The Morgan fingerprint density at radius 2 is 2.20 bits per heavy atom. The molecule has 0 aliphatic carbocycles. The van der Waals surface area contributed by atoms with Crippen molar-refractivity contribution in [3.8, 4) is 0 Å². The molecular weight excluding hydrogens is 260 g/mol. The molecule has 1 heterocycles. The minimum atomic E-state index is -0.850. The minimum Gasteiger partial charge on any atom is -0.481 e. The van der Waals surface area contributed by atoms with E-state index in [1.807, 2.05) is 0 Å². The quantitative estimate of drug-likeness (QED) is 0.748. The van der Waals surface area contributed by atoms with Gasteiger partial charge in [0.2, 0.25) is 0 Å². The van der Waals surface area contributed by atoms with Crippen LogP contribution in [0, 0.1) is 0 Å². The second-order valence-electron chi connectivity index (χ2n) is 5.33. The van der Waals surface area contributed by atoms with Gasteiger partial charge in [0.05, 0.1) is 19.1 Å². The maximum absolute atomic E-state index is 12.3. The molecule has 0 aromatic carbocycles. The molecule has 6 heteroatoms. The summed E-state index contributed by atoms with van der Waals surface area (Å²) in [6, 6.07) is -0.359. The number of hydrogen-bond donors (Lipinski definition) is 2. The van der Waals surface area contributed by atoms with Gasteiger partial charge in [-0.3, -0.25) is 4.79 Å². The van der Waals surface area contributed by atoms with Gasteiger partial charge in [0.15, 0.2) is 0 Å². The highest BCUT2D eigenvalue weighted by Gasteiger charge is 2.29. The molecule has 0 aromatic rings. The number of carbonyl (C=O) groups excluding carboxylic acids is 1. The fourth-order valence-corrected chi connectivity index (χ4v) is 2.69. The van der Waals surface area contributed by atoms with E-state index in [1.165, 1.54) is 0 Å². The van der Waals surface area contributed by atoms with E-state index < -0.39 is 5.97 Å². The van der Waals surface area contributed by atoms with Crippen LogP contribution in [0.15, 0.2) is 0 Å². The normalized spacial score (nSPS) is 20.5. The van der Waals surface area contributed by atoms with Gasteiger partial charge < -0.3 is 20.1 Å². The number of carbonyl (C=O) groups is 2. The third kappa shape index (κ3) is 5.36. The SMILES string of the molecule is CCCC(COC)NC(=O)N1CCCCC1CC(=O)O. The summed E-state index contributed by atoms with van der Waals surface area (Å²) in [6.45, 7) is 3.18. The summed E-state index contributed by atoms with van der Waals surface area (Å²) in [4.78, 5) is 24.9. The van der Waals surface area contributed by atoms with Gasteiger partial charge in [-0.15, -0.1) is 0 Å². The predicted molar refractivity (Wildman–Crippen MR) is 75.7 cm³/mol. The van der Waals surface area contributed by atoms with Gasteiger partial charge in [0, 0.05) is 19.7 Å². The molecule has 2 atom stereocenters. The smallest absolute Gasteiger partial charge is 0.317 e. The number of likely N-dealkylation sites (tertiary alicyclic amines) is 1. The van der Waals surface area contributed by atoms with E-state index in [-0.39, 0.29) is 24.5 Å². The van der Waals surface area contributed by atoms with E-state index in [9.17, 15) is 9.59 Å². The Bertz CT molecular complexity index is 316. The molecule has 0 spiro atoms. The van der Waals surface area contributed by atoms with Crippen LogP contribution in [0.25, 0.3) is 0 Å². The van der Waals surface area contributed by atoms with Crippen molar-refractivity contribution >= 4 is 12.0 Å². The largest absolute Gasteiger partial charge is 0.481 e. The molecule has 2 N–H and O–H groups in total. The van der Waals surface area contributed by atoms with Gasteiger partial charge in [-0.2, -0.15) is 0 Å². The molecular formula is C14H26N2O4. The molecule has 1 aliphatic heterocycles. The lowest BCUT2D eigenvalue weighted by Crippen LogP contribution is -2.52. The van der Waals surface area contributed by atoms with E-state index in [2.05, 4.69) is 12.2 Å². The number of piperidine rings is 1. The predicted octanol–water partition coefficient (Wildman–Crippen LogP) is 1.84. The lowest BCUT2D eigenvalue weighted by molar-refractivity contribution is -0.138. The third-order valence-electron chi connectivity index (χ3n) is 3.63. The van der Waals surface area contributed by atoms with Crippen LogP contribution in [0.2, 0.25) is 0 Å². The number of nitrogens with one attached hydrogen (secondary N) is 1. The topological polar surface area (TPSA) is 78.9 Å². The Hall–Kier alpha value is -1.30. The Morgan fingerprint density at radius 1 is 1.45 bits per heavy atom. The lowest BCUT2D eigenvalue weighted by Gasteiger charge is -2.36. The van der Waals surface area contributed by atoms with Crippen LogP contribution in [0.5, 0.6) is 0 Å². The first-order valence-electron chi connectivity index (χ1n) is 7.36. The Morgan fingerprint density at radius 3 is 2.80 bits per heavy atom. The highest BCUT2D eigenvalue weighted by atomic mass is 16.5. The molecule has 20 heavy (non-hydrogen) atoms. The summed E-state index contributed by atoms with van der Waals surface area (Å²) >= 11 is 0. The van der Waals surface area contributed by atoms with Crippen LogP contribution in [0.1, 0.15) is 45.4 Å². The summed E-state index contributed by atoms with van der Waals surface area (Å²) in [5, 5.41) is 11.9. The fraction of sp³-hybridized carbons (Fsp3) is 0.857. The Labute approximate surface area is 120 Å². The first-order valence-corrected chi connectivity index (χ1v) is 7.36. The summed E-state index contributed by atoms with van der Waals surface area (Å²) in [6.07, 6.45) is 4.53. The van der Waals surface area contributed by atoms with Crippen LogP contribution in [0.4, 0.5) is 4.79 Å². The maximum atomic E-state index is 12.3. The number of aliphatic carboxylic acids is 1. The first-order chi connectivity index (χ1) is 9.58. The number of rotatable bonds is 7. The van der Waals surface area contributed by atoms with Gasteiger partial charge in [-0.05, 0) is 25.7 Å². The number of nitrogens with zero attached hydrogens (tertiary/aromatic N) is 1. The van der Waals surface area contributed by atoms with Gasteiger partial charge >= 0.3 is 12.0 Å². The average Bonchev–Trinajstić information content (AvgIpc) is 2.39. The van der Waals surface area contributed by atoms with Crippen molar-refractivity contribution in [3.05, 3.63) is 0 Å². The Kier molecular flexibility index (Phi) is 7.36. The molecule has 2 amide bonds. The molecule has 0 radical (unpaired) electrons. The molecule has 1 saturated heterocycles. The molecule has 0 saturated carbocycles. The van der Waals surface area contributed by atoms with Gasteiger partial charge in [0.25, 0.3) is 0 Å². The second kappa shape index (κ2) is 8.79. The van der Waals surface area contributed by atoms with E-state index in [1.54, 1.807) is 12.0 Å². The van der Waals surface area contributed by atoms with Crippen LogP contribution in [-0.4, -0.2) is 54.4 Å². The first kappa shape index (κ1) is 16.8. The van der Waals surface area contributed by atoms with E-state index in [0.29, 0.717) is 13.2 Å². The average molecular weight is 286 g/mol. The van der Waals surface area contributed by atoms with Crippen molar-refractivity contribution in [1.82, 2.24) is 10.2 Å². The second-order valence-corrected chi connectivity index (χ2v) is 5.33. The zero-order valence-electron chi connectivity index (χ0n) is 12.4.